The summed E-state index contributed by atoms with van der Waals surface area (Å²) in [5.74, 6) is -1.37. The van der Waals surface area contributed by atoms with E-state index in [-0.39, 0.29) is 43.6 Å². The van der Waals surface area contributed by atoms with Crippen molar-refractivity contribution in [2.24, 2.45) is 0 Å². The first kappa shape index (κ1) is 33.9. The molecule has 0 saturated heterocycles. The molecule has 0 aliphatic carbocycles. The zero-order valence-corrected chi connectivity index (χ0v) is 26.5. The van der Waals surface area contributed by atoms with Crippen LogP contribution in [-0.4, -0.2) is 34.1 Å². The Balaban J connectivity index is 1.63. The van der Waals surface area contributed by atoms with Crippen molar-refractivity contribution in [3.8, 4) is 0 Å². The maximum atomic E-state index is 13.2. The zero-order valence-electron chi connectivity index (χ0n) is 26.5. The molecule has 0 heterocycles. The van der Waals surface area contributed by atoms with Gasteiger partial charge >= 0.3 is 18.0 Å². The maximum absolute atomic E-state index is 13.2. The molecule has 0 aromatic heterocycles. The Labute approximate surface area is 271 Å². The molecule has 0 unspecified atom stereocenters. The number of carboxylic acids is 1. The quantitative estimate of drug-likeness (QED) is 0.131. The van der Waals surface area contributed by atoms with E-state index in [1.54, 1.807) is 12.1 Å². The number of ether oxygens (including phenoxy) is 2. The number of nitrogens with one attached hydrogen (secondary N) is 1. The molecule has 0 saturated carbocycles. The van der Waals surface area contributed by atoms with E-state index in [1.807, 2.05) is 92.7 Å². The van der Waals surface area contributed by atoms with Crippen molar-refractivity contribution in [2.45, 2.75) is 71.0 Å². The van der Waals surface area contributed by atoms with Gasteiger partial charge in [-0.1, -0.05) is 115 Å². The number of esters is 1. The molecule has 0 radical (unpaired) electrons. The Kier molecular flexibility index (Phi) is 12.5. The number of alkyl carbamates (subject to hydrolysis) is 1. The minimum absolute atomic E-state index is 0.0567. The first-order valence-electron chi connectivity index (χ1n) is 15.5. The topological polar surface area (TPSA) is 105 Å². The molecule has 0 aliphatic heterocycles. The van der Waals surface area contributed by atoms with Gasteiger partial charge in [-0.05, 0) is 48.6 Å². The summed E-state index contributed by atoms with van der Waals surface area (Å²) in [7, 11) is 0. The number of carbonyl (C=O) groups is 3. The van der Waals surface area contributed by atoms with Gasteiger partial charge in [0.25, 0.3) is 0 Å². The van der Waals surface area contributed by atoms with Crippen molar-refractivity contribution in [2.75, 3.05) is 0 Å². The highest BCUT2D eigenvalue weighted by molar-refractivity contribution is 5.72. The summed E-state index contributed by atoms with van der Waals surface area (Å²) in [6.07, 6.45) is -1.17. The lowest BCUT2D eigenvalue weighted by molar-refractivity contribution is -0.149. The number of hydrogen-bond donors (Lipinski definition) is 2. The van der Waals surface area contributed by atoms with Crippen molar-refractivity contribution in [1.82, 2.24) is 10.2 Å². The molecule has 46 heavy (non-hydrogen) atoms. The molecular weight excluding hydrogens is 580 g/mol. The average Bonchev–Trinajstić information content (AvgIpc) is 3.06. The Morgan fingerprint density at radius 3 is 1.80 bits per heavy atom. The Morgan fingerprint density at radius 2 is 1.24 bits per heavy atom. The lowest BCUT2D eigenvalue weighted by atomic mass is 9.94. The normalized spacial score (nSPS) is 13.1. The number of aliphatic carboxylic acids is 1. The standard InChI is InChI=1S/C38H42N2O6/c1-27(2)46-37(43)24-35(40(25-29-13-7-4-8-14-29)28(3)31-17-11-6-12-18-31)33-21-19-32(20-22-33)34(23-36(41)42)39-38(44)45-26-30-15-9-5-10-16-30/h4-22,27-28,34-35H,23-26H2,1-3H3,(H,39,44)(H,41,42)/t28-,34-,35+/m1/s1. The van der Waals surface area contributed by atoms with Crippen LogP contribution >= 0.6 is 0 Å². The summed E-state index contributed by atoms with van der Waals surface area (Å²) in [4.78, 5) is 39.9. The summed E-state index contributed by atoms with van der Waals surface area (Å²) in [6.45, 7) is 6.43. The fourth-order valence-electron chi connectivity index (χ4n) is 5.41. The van der Waals surface area contributed by atoms with Crippen molar-refractivity contribution in [3.63, 3.8) is 0 Å². The highest BCUT2D eigenvalue weighted by Crippen LogP contribution is 2.35. The van der Waals surface area contributed by atoms with Crippen LogP contribution in [0.1, 0.15) is 79.6 Å². The molecule has 0 aliphatic rings. The van der Waals surface area contributed by atoms with Gasteiger partial charge in [-0.2, -0.15) is 0 Å². The summed E-state index contributed by atoms with van der Waals surface area (Å²) < 4.78 is 11.0. The minimum Gasteiger partial charge on any atom is -0.481 e. The van der Waals surface area contributed by atoms with E-state index in [0.29, 0.717) is 12.1 Å². The highest BCUT2D eigenvalue weighted by Gasteiger charge is 2.30. The second-order valence-electron chi connectivity index (χ2n) is 11.5. The predicted molar refractivity (Wildman–Crippen MR) is 177 cm³/mol. The van der Waals surface area contributed by atoms with Gasteiger partial charge in [-0.3, -0.25) is 14.5 Å². The number of carbonyl (C=O) groups excluding carboxylic acids is 2. The van der Waals surface area contributed by atoms with Crippen LogP contribution < -0.4 is 5.32 Å². The maximum Gasteiger partial charge on any atom is 0.407 e. The van der Waals surface area contributed by atoms with Gasteiger partial charge in [0, 0.05) is 18.6 Å². The van der Waals surface area contributed by atoms with Gasteiger partial charge < -0.3 is 19.9 Å². The fraction of sp³-hybridized carbons (Fsp3) is 0.289. The first-order valence-corrected chi connectivity index (χ1v) is 15.5. The van der Waals surface area contributed by atoms with Gasteiger partial charge in [-0.15, -0.1) is 0 Å². The van der Waals surface area contributed by atoms with Crippen LogP contribution in [0.15, 0.2) is 115 Å². The number of amides is 1. The van der Waals surface area contributed by atoms with Gasteiger partial charge in [0.2, 0.25) is 0 Å². The highest BCUT2D eigenvalue weighted by atomic mass is 16.5. The molecule has 4 aromatic rings. The largest absolute Gasteiger partial charge is 0.481 e. The van der Waals surface area contributed by atoms with Crippen LogP contribution in [-0.2, 0) is 32.2 Å². The van der Waals surface area contributed by atoms with E-state index >= 15 is 0 Å². The van der Waals surface area contributed by atoms with E-state index in [2.05, 4.69) is 41.4 Å². The molecule has 0 bridgehead atoms. The van der Waals surface area contributed by atoms with Crippen molar-refractivity contribution < 1.29 is 29.0 Å². The number of hydrogen-bond acceptors (Lipinski definition) is 6. The van der Waals surface area contributed by atoms with Gasteiger partial charge in [0.05, 0.1) is 25.0 Å². The third kappa shape index (κ3) is 10.3. The van der Waals surface area contributed by atoms with Gasteiger partial charge in [0.1, 0.15) is 6.61 Å². The Morgan fingerprint density at radius 1 is 0.696 bits per heavy atom. The summed E-state index contributed by atoms with van der Waals surface area (Å²) in [5.41, 5.74) is 4.51. The van der Waals surface area contributed by atoms with Crippen molar-refractivity contribution >= 4 is 18.0 Å². The molecule has 0 fully saturated rings. The SMILES string of the molecule is CC(C)OC(=O)C[C@@H](c1ccc([C@@H](CC(=O)O)NC(=O)OCc2ccccc2)cc1)N(Cc1ccccc1)[C@H](C)c1ccccc1. The third-order valence-electron chi connectivity index (χ3n) is 7.72. The van der Waals surface area contributed by atoms with Crippen LogP contribution in [0.3, 0.4) is 0 Å². The molecular formula is C38H42N2O6. The monoisotopic (exact) mass is 622 g/mol. The average molecular weight is 623 g/mol. The molecule has 0 spiro atoms. The predicted octanol–water partition coefficient (Wildman–Crippen LogP) is 7.78. The molecule has 4 rings (SSSR count). The lowest BCUT2D eigenvalue weighted by Crippen LogP contribution is -2.33. The van der Waals surface area contributed by atoms with E-state index in [0.717, 1.165) is 22.3 Å². The Hall–Kier alpha value is -4.95. The van der Waals surface area contributed by atoms with E-state index in [1.165, 1.54) is 0 Å². The molecule has 8 nitrogen and oxygen atoms in total. The smallest absolute Gasteiger partial charge is 0.407 e. The molecule has 8 heteroatoms. The number of benzene rings is 4. The van der Waals surface area contributed by atoms with E-state index in [9.17, 15) is 19.5 Å². The minimum atomic E-state index is -1.06. The van der Waals surface area contributed by atoms with Gasteiger partial charge in [-0.25, -0.2) is 4.79 Å². The molecule has 4 aromatic carbocycles. The second kappa shape index (κ2) is 16.9. The number of carboxylic acid groups (broad SMARTS) is 1. The number of nitrogens with zero attached hydrogens (tertiary/aromatic N) is 1. The fourth-order valence-corrected chi connectivity index (χ4v) is 5.41. The molecule has 1 amide bonds. The summed E-state index contributed by atoms with van der Waals surface area (Å²) in [5, 5.41) is 12.3. The lowest BCUT2D eigenvalue weighted by Gasteiger charge is -2.37. The van der Waals surface area contributed by atoms with E-state index < -0.39 is 18.1 Å². The summed E-state index contributed by atoms with van der Waals surface area (Å²) >= 11 is 0. The van der Waals surface area contributed by atoms with Crippen LogP contribution in [0, 0.1) is 0 Å². The van der Waals surface area contributed by atoms with Crippen LogP contribution in [0.4, 0.5) is 4.79 Å². The first-order chi connectivity index (χ1) is 22.2. The van der Waals surface area contributed by atoms with Gasteiger partial charge in [0.15, 0.2) is 0 Å². The molecule has 2 N–H and O–H groups in total. The van der Waals surface area contributed by atoms with Crippen molar-refractivity contribution in [3.05, 3.63) is 143 Å². The third-order valence-corrected chi connectivity index (χ3v) is 7.72. The molecule has 3 atom stereocenters. The Bertz CT molecular complexity index is 1530. The van der Waals surface area contributed by atoms with E-state index in [4.69, 9.17) is 9.47 Å². The van der Waals surface area contributed by atoms with Crippen molar-refractivity contribution in [1.29, 1.82) is 0 Å². The second-order valence-corrected chi connectivity index (χ2v) is 11.5. The van der Waals surface area contributed by atoms with Crippen LogP contribution in [0.5, 0.6) is 0 Å². The number of rotatable bonds is 15. The molecule has 240 valence electrons. The zero-order chi connectivity index (χ0) is 32.9. The van der Waals surface area contributed by atoms with Crippen LogP contribution in [0.25, 0.3) is 0 Å². The summed E-state index contributed by atoms with van der Waals surface area (Å²) in [6, 6.07) is 35.7. The van der Waals surface area contributed by atoms with Crippen LogP contribution in [0.2, 0.25) is 0 Å².